The molecule has 1 amide bonds. The highest BCUT2D eigenvalue weighted by Gasteiger charge is 2.13. The molecule has 16 heavy (non-hydrogen) atoms. The lowest BCUT2D eigenvalue weighted by Gasteiger charge is -2.15. The molecule has 0 bridgehead atoms. The number of alkyl halides is 1. The van der Waals surface area contributed by atoms with Crippen LogP contribution in [0.15, 0.2) is 18.5 Å². The van der Waals surface area contributed by atoms with Crippen molar-refractivity contribution in [1.29, 1.82) is 0 Å². The summed E-state index contributed by atoms with van der Waals surface area (Å²) in [4.78, 5) is 15.7. The Bertz CT molecular complexity index is 360. The van der Waals surface area contributed by atoms with Crippen LogP contribution in [0.25, 0.3) is 0 Å². The van der Waals surface area contributed by atoms with Gasteiger partial charge in [-0.15, -0.1) is 0 Å². The zero-order valence-electron chi connectivity index (χ0n) is 9.04. The van der Waals surface area contributed by atoms with Gasteiger partial charge in [-0.25, -0.2) is 0 Å². The van der Waals surface area contributed by atoms with Crippen molar-refractivity contribution in [3.05, 3.63) is 29.0 Å². The fourth-order valence-electron chi connectivity index (χ4n) is 1.33. The highest BCUT2D eigenvalue weighted by Crippen LogP contribution is 2.13. The van der Waals surface area contributed by atoms with Crippen molar-refractivity contribution in [2.45, 2.75) is 25.8 Å². The van der Waals surface area contributed by atoms with Crippen molar-refractivity contribution in [3.63, 3.8) is 0 Å². The molecule has 0 aliphatic heterocycles. The van der Waals surface area contributed by atoms with Gasteiger partial charge in [-0.3, -0.25) is 9.78 Å². The monoisotopic (exact) mass is 304 g/mol. The molecule has 0 spiro atoms. The van der Waals surface area contributed by atoms with Gasteiger partial charge in [0.15, 0.2) is 0 Å². The first-order chi connectivity index (χ1) is 7.69. The number of hydrogen-bond acceptors (Lipinski definition) is 2. The van der Waals surface area contributed by atoms with Gasteiger partial charge in [0.2, 0.25) is 0 Å². The molecule has 0 aromatic carbocycles. The Kier molecular flexibility index (Phi) is 5.77. The van der Waals surface area contributed by atoms with E-state index in [1.54, 1.807) is 12.3 Å². The van der Waals surface area contributed by atoms with Crippen LogP contribution in [-0.4, -0.2) is 22.3 Å². The number of rotatable bonds is 5. The first-order valence-corrected chi connectivity index (χ1v) is 6.65. The lowest BCUT2D eigenvalue weighted by molar-refractivity contribution is 0.0935. The third kappa shape index (κ3) is 3.76. The van der Waals surface area contributed by atoms with E-state index < -0.39 is 0 Å². The highest BCUT2D eigenvalue weighted by atomic mass is 79.9. The van der Waals surface area contributed by atoms with Crippen LogP contribution < -0.4 is 5.32 Å². The van der Waals surface area contributed by atoms with E-state index in [1.165, 1.54) is 6.20 Å². The molecule has 0 radical (unpaired) electrons. The maximum atomic E-state index is 11.9. The molecular weight excluding hydrogens is 291 g/mol. The van der Waals surface area contributed by atoms with Crippen LogP contribution in [0.2, 0.25) is 5.02 Å². The number of carbonyl (C=O) groups is 1. The van der Waals surface area contributed by atoms with Crippen molar-refractivity contribution >= 4 is 33.4 Å². The number of pyridine rings is 1. The van der Waals surface area contributed by atoms with Gasteiger partial charge in [-0.2, -0.15) is 0 Å². The number of amides is 1. The summed E-state index contributed by atoms with van der Waals surface area (Å²) >= 11 is 9.25. The quantitative estimate of drug-likeness (QED) is 0.850. The molecule has 0 saturated carbocycles. The number of hydrogen-bond donors (Lipinski definition) is 1. The van der Waals surface area contributed by atoms with Gasteiger partial charge in [0.05, 0.1) is 10.6 Å². The molecule has 5 heteroatoms. The van der Waals surface area contributed by atoms with E-state index in [4.69, 9.17) is 11.6 Å². The Morgan fingerprint density at radius 3 is 3.00 bits per heavy atom. The molecule has 1 aromatic rings. The van der Waals surface area contributed by atoms with Gasteiger partial charge < -0.3 is 5.32 Å². The fourth-order valence-corrected chi connectivity index (χ4v) is 2.09. The van der Waals surface area contributed by atoms with E-state index in [1.807, 2.05) is 6.92 Å². The second kappa shape index (κ2) is 6.86. The summed E-state index contributed by atoms with van der Waals surface area (Å²) in [6.07, 6.45) is 4.85. The van der Waals surface area contributed by atoms with Crippen molar-refractivity contribution in [2.75, 3.05) is 5.33 Å². The summed E-state index contributed by atoms with van der Waals surface area (Å²) < 4.78 is 0. The van der Waals surface area contributed by atoms with Gasteiger partial charge in [-0.05, 0) is 18.9 Å². The van der Waals surface area contributed by atoms with Crippen molar-refractivity contribution < 1.29 is 4.79 Å². The Morgan fingerprint density at radius 1 is 1.69 bits per heavy atom. The molecule has 0 saturated heterocycles. The van der Waals surface area contributed by atoms with Crippen LogP contribution in [-0.2, 0) is 0 Å². The van der Waals surface area contributed by atoms with Crippen molar-refractivity contribution in [2.24, 2.45) is 0 Å². The second-order valence-electron chi connectivity index (χ2n) is 3.41. The summed E-state index contributed by atoms with van der Waals surface area (Å²) in [7, 11) is 0. The maximum absolute atomic E-state index is 11.9. The van der Waals surface area contributed by atoms with E-state index in [0.29, 0.717) is 10.6 Å². The summed E-state index contributed by atoms with van der Waals surface area (Å²) in [6, 6.07) is 1.80. The number of nitrogens with one attached hydrogen (secondary N) is 1. The minimum Gasteiger partial charge on any atom is -0.349 e. The van der Waals surface area contributed by atoms with E-state index in [2.05, 4.69) is 26.2 Å². The molecule has 1 heterocycles. The van der Waals surface area contributed by atoms with Crippen LogP contribution in [0.1, 0.15) is 30.1 Å². The largest absolute Gasteiger partial charge is 0.349 e. The molecule has 1 rings (SSSR count). The molecule has 0 aliphatic carbocycles. The summed E-state index contributed by atoms with van der Waals surface area (Å²) in [5.41, 5.74) is 0.477. The van der Waals surface area contributed by atoms with Gasteiger partial charge in [-0.1, -0.05) is 34.5 Å². The van der Waals surface area contributed by atoms with Crippen LogP contribution in [0.5, 0.6) is 0 Å². The van der Waals surface area contributed by atoms with Gasteiger partial charge in [0.1, 0.15) is 0 Å². The standard InChI is InChI=1S/C11H14BrClN2O/c1-2-8(3-5-12)15-11(16)9-4-6-14-7-10(9)13/h4,6-8H,2-3,5H2,1H3,(H,15,16). The lowest BCUT2D eigenvalue weighted by Crippen LogP contribution is -2.34. The minimum absolute atomic E-state index is 0.139. The molecule has 3 nitrogen and oxygen atoms in total. The van der Waals surface area contributed by atoms with Gasteiger partial charge >= 0.3 is 0 Å². The number of halogens is 2. The van der Waals surface area contributed by atoms with Crippen LogP contribution in [0.3, 0.4) is 0 Å². The van der Waals surface area contributed by atoms with Crippen molar-refractivity contribution in [1.82, 2.24) is 10.3 Å². The van der Waals surface area contributed by atoms with E-state index in [9.17, 15) is 4.79 Å². The number of nitrogens with zero attached hydrogens (tertiary/aromatic N) is 1. The number of carbonyl (C=O) groups excluding carboxylic acids is 1. The second-order valence-corrected chi connectivity index (χ2v) is 4.61. The molecule has 1 N–H and O–H groups in total. The Balaban J connectivity index is 2.68. The molecule has 88 valence electrons. The van der Waals surface area contributed by atoms with Crippen LogP contribution in [0, 0.1) is 0 Å². The first kappa shape index (κ1) is 13.5. The van der Waals surface area contributed by atoms with Crippen molar-refractivity contribution in [3.8, 4) is 0 Å². The molecule has 0 aliphatic rings. The highest BCUT2D eigenvalue weighted by molar-refractivity contribution is 9.09. The Hall–Kier alpha value is -0.610. The topological polar surface area (TPSA) is 42.0 Å². The zero-order valence-corrected chi connectivity index (χ0v) is 11.4. The number of aromatic nitrogens is 1. The summed E-state index contributed by atoms with van der Waals surface area (Å²) in [5, 5.41) is 4.20. The minimum atomic E-state index is -0.139. The Labute approximate surface area is 109 Å². The lowest BCUT2D eigenvalue weighted by atomic mass is 10.1. The third-order valence-electron chi connectivity index (χ3n) is 2.30. The van der Waals surface area contributed by atoms with E-state index in [0.717, 1.165) is 18.2 Å². The fraction of sp³-hybridized carbons (Fsp3) is 0.455. The van der Waals surface area contributed by atoms with E-state index >= 15 is 0 Å². The molecule has 1 aromatic heterocycles. The van der Waals surface area contributed by atoms with Crippen LogP contribution >= 0.6 is 27.5 Å². The predicted molar refractivity (Wildman–Crippen MR) is 69.2 cm³/mol. The molecule has 0 fully saturated rings. The SMILES string of the molecule is CCC(CCBr)NC(=O)c1ccncc1Cl. The van der Waals surface area contributed by atoms with Gasteiger partial charge in [0.25, 0.3) is 5.91 Å². The third-order valence-corrected chi connectivity index (χ3v) is 3.06. The van der Waals surface area contributed by atoms with Crippen LogP contribution in [0.4, 0.5) is 0 Å². The maximum Gasteiger partial charge on any atom is 0.253 e. The average molecular weight is 306 g/mol. The summed E-state index contributed by atoms with van der Waals surface area (Å²) in [6.45, 7) is 2.04. The normalized spacial score (nSPS) is 12.2. The smallest absolute Gasteiger partial charge is 0.253 e. The molecule has 1 unspecified atom stereocenters. The van der Waals surface area contributed by atoms with E-state index in [-0.39, 0.29) is 11.9 Å². The average Bonchev–Trinajstić information content (AvgIpc) is 2.28. The molecule has 1 atom stereocenters. The molecular formula is C11H14BrClN2O. The van der Waals surface area contributed by atoms with Gasteiger partial charge in [0, 0.05) is 23.8 Å². The zero-order chi connectivity index (χ0) is 12.0. The predicted octanol–water partition coefficient (Wildman–Crippen LogP) is 3.03. The first-order valence-electron chi connectivity index (χ1n) is 5.15. The Morgan fingerprint density at radius 2 is 2.44 bits per heavy atom. The summed E-state index contributed by atoms with van der Waals surface area (Å²) in [5.74, 6) is -0.139.